The van der Waals surface area contributed by atoms with Crippen LogP contribution < -0.4 is 9.47 Å². The minimum Gasteiger partial charge on any atom is -0.490 e. The molecule has 6 heteroatoms. The maximum Gasteiger partial charge on any atom is 0.293 e. The van der Waals surface area contributed by atoms with Gasteiger partial charge < -0.3 is 9.47 Å². The average Bonchev–Trinajstić information content (AvgIpc) is 3.06. The van der Waals surface area contributed by atoms with Gasteiger partial charge in [0.05, 0.1) is 11.4 Å². The monoisotopic (exact) mass is 459 g/mol. The van der Waals surface area contributed by atoms with Crippen molar-refractivity contribution >= 4 is 29.0 Å². The third kappa shape index (κ3) is 5.84. The number of ether oxygens (including phenoxy) is 2. The molecule has 0 aromatic heterocycles. The number of aryl methyl sites for hydroxylation is 2. The minimum atomic E-state index is -0.288. The number of benzene rings is 3. The van der Waals surface area contributed by atoms with Crippen LogP contribution >= 0.6 is 11.8 Å². The molecule has 4 rings (SSSR count). The van der Waals surface area contributed by atoms with Crippen LogP contribution in [-0.4, -0.2) is 29.3 Å². The molecule has 1 heterocycles. The topological polar surface area (TPSA) is 55.8 Å². The van der Waals surface area contributed by atoms with Crippen LogP contribution in [-0.2, 0) is 11.3 Å². The van der Waals surface area contributed by atoms with Crippen molar-refractivity contribution in [3.8, 4) is 11.5 Å². The van der Waals surface area contributed by atoms with Gasteiger partial charge in [-0.3, -0.25) is 14.5 Å². The van der Waals surface area contributed by atoms with E-state index in [1.807, 2.05) is 86.6 Å². The van der Waals surface area contributed by atoms with E-state index in [2.05, 4.69) is 0 Å². The fourth-order valence-corrected chi connectivity index (χ4v) is 4.28. The number of amides is 2. The highest BCUT2D eigenvalue weighted by Crippen LogP contribution is 2.35. The Morgan fingerprint density at radius 3 is 2.39 bits per heavy atom. The molecule has 3 aromatic rings. The van der Waals surface area contributed by atoms with Crippen LogP contribution in [0.25, 0.3) is 6.08 Å². The Morgan fingerprint density at radius 2 is 1.61 bits per heavy atom. The highest BCUT2D eigenvalue weighted by atomic mass is 32.2. The Labute approximate surface area is 198 Å². The summed E-state index contributed by atoms with van der Waals surface area (Å²) in [7, 11) is 0. The Hall–Kier alpha value is -3.51. The van der Waals surface area contributed by atoms with Crippen LogP contribution in [0.2, 0.25) is 0 Å². The van der Waals surface area contributed by atoms with E-state index in [-0.39, 0.29) is 17.7 Å². The highest BCUT2D eigenvalue weighted by molar-refractivity contribution is 8.18. The second kappa shape index (κ2) is 10.4. The third-order valence-electron chi connectivity index (χ3n) is 5.13. The first-order valence-electron chi connectivity index (χ1n) is 10.7. The number of thioether (sulfide) groups is 1. The van der Waals surface area contributed by atoms with Crippen molar-refractivity contribution in [2.45, 2.75) is 20.4 Å². The number of carbonyl (C=O) groups is 2. The molecule has 33 heavy (non-hydrogen) atoms. The van der Waals surface area contributed by atoms with Gasteiger partial charge in [-0.15, -0.1) is 0 Å². The fourth-order valence-electron chi connectivity index (χ4n) is 3.45. The second-order valence-corrected chi connectivity index (χ2v) is 8.80. The SMILES string of the molecule is Cc1ccc(OCCOc2ccccc2/C=C2\SC(=O)N(Cc3cccc(C)c3)C2=O)cc1. The first kappa shape index (κ1) is 22.7. The molecule has 1 aliphatic heterocycles. The molecule has 0 saturated carbocycles. The van der Waals surface area contributed by atoms with Gasteiger partial charge >= 0.3 is 0 Å². The summed E-state index contributed by atoms with van der Waals surface area (Å²) in [5.41, 5.74) is 3.94. The summed E-state index contributed by atoms with van der Waals surface area (Å²) < 4.78 is 11.6. The van der Waals surface area contributed by atoms with E-state index >= 15 is 0 Å². The molecule has 0 N–H and O–H groups in total. The zero-order valence-electron chi connectivity index (χ0n) is 18.6. The molecule has 1 fully saturated rings. The second-order valence-electron chi connectivity index (χ2n) is 7.80. The zero-order valence-corrected chi connectivity index (χ0v) is 19.4. The van der Waals surface area contributed by atoms with Gasteiger partial charge in [-0.05, 0) is 55.4 Å². The maximum atomic E-state index is 12.9. The summed E-state index contributed by atoms with van der Waals surface area (Å²) in [4.78, 5) is 27.1. The fraction of sp³-hybridized carbons (Fsp3) is 0.185. The van der Waals surface area contributed by atoms with Crippen LogP contribution in [0, 0.1) is 13.8 Å². The summed E-state index contributed by atoms with van der Waals surface area (Å²) in [6.45, 7) is 5.03. The van der Waals surface area contributed by atoms with Gasteiger partial charge in [0.25, 0.3) is 11.1 Å². The van der Waals surface area contributed by atoms with Crippen molar-refractivity contribution in [3.05, 3.63) is 100.0 Å². The number of hydrogen-bond acceptors (Lipinski definition) is 5. The van der Waals surface area contributed by atoms with Crippen molar-refractivity contribution in [1.29, 1.82) is 0 Å². The molecule has 1 saturated heterocycles. The van der Waals surface area contributed by atoms with Crippen molar-refractivity contribution in [2.75, 3.05) is 13.2 Å². The van der Waals surface area contributed by atoms with Crippen LogP contribution in [0.15, 0.2) is 77.7 Å². The van der Waals surface area contributed by atoms with Crippen LogP contribution in [0.1, 0.15) is 22.3 Å². The summed E-state index contributed by atoms with van der Waals surface area (Å²) in [5, 5.41) is -0.266. The standard InChI is InChI=1S/C27H25NO4S/c1-19-10-12-23(13-11-19)31-14-15-32-24-9-4-3-8-22(24)17-25-26(29)28(27(30)33-25)18-21-7-5-6-20(2)16-21/h3-13,16-17H,14-15,18H2,1-2H3/b25-17-. The van der Waals surface area contributed by atoms with Crippen molar-refractivity contribution in [3.63, 3.8) is 0 Å². The molecule has 0 radical (unpaired) electrons. The molecule has 0 bridgehead atoms. The molecule has 168 valence electrons. The predicted molar refractivity (Wildman–Crippen MR) is 131 cm³/mol. The van der Waals surface area contributed by atoms with Gasteiger partial charge in [-0.2, -0.15) is 0 Å². The number of carbonyl (C=O) groups excluding carboxylic acids is 2. The van der Waals surface area contributed by atoms with Crippen molar-refractivity contribution in [1.82, 2.24) is 4.90 Å². The average molecular weight is 460 g/mol. The minimum absolute atomic E-state index is 0.262. The number of hydrogen-bond donors (Lipinski definition) is 0. The summed E-state index contributed by atoms with van der Waals surface area (Å²) in [6.07, 6.45) is 1.72. The van der Waals surface area contributed by atoms with E-state index in [9.17, 15) is 9.59 Å². The van der Waals surface area contributed by atoms with Crippen LogP contribution in [0.5, 0.6) is 11.5 Å². The largest absolute Gasteiger partial charge is 0.490 e. The van der Waals surface area contributed by atoms with Gasteiger partial charge in [-0.25, -0.2) is 0 Å². The van der Waals surface area contributed by atoms with E-state index in [0.29, 0.717) is 23.9 Å². The zero-order chi connectivity index (χ0) is 23.2. The molecule has 0 spiro atoms. The first-order chi connectivity index (χ1) is 16.0. The molecule has 0 unspecified atom stereocenters. The normalized spacial score (nSPS) is 14.7. The molecule has 3 aromatic carbocycles. The van der Waals surface area contributed by atoms with Crippen molar-refractivity contribution < 1.29 is 19.1 Å². The molecular weight excluding hydrogens is 434 g/mol. The Morgan fingerprint density at radius 1 is 0.848 bits per heavy atom. The van der Waals surface area contributed by atoms with E-state index in [1.54, 1.807) is 6.08 Å². The maximum absolute atomic E-state index is 12.9. The molecule has 0 atom stereocenters. The molecule has 2 amide bonds. The Kier molecular flexibility index (Phi) is 7.15. The van der Waals surface area contributed by atoms with E-state index < -0.39 is 0 Å². The van der Waals surface area contributed by atoms with Gasteiger partial charge in [0.15, 0.2) is 0 Å². The van der Waals surface area contributed by atoms with Crippen LogP contribution in [0.4, 0.5) is 4.79 Å². The number of nitrogens with zero attached hydrogens (tertiary/aromatic N) is 1. The van der Waals surface area contributed by atoms with E-state index in [4.69, 9.17) is 9.47 Å². The van der Waals surface area contributed by atoms with Gasteiger partial charge in [-0.1, -0.05) is 65.7 Å². The van der Waals surface area contributed by atoms with E-state index in [1.165, 1.54) is 10.5 Å². The number of rotatable bonds is 8. The first-order valence-corrected chi connectivity index (χ1v) is 11.5. The molecular formula is C27H25NO4S. The lowest BCUT2D eigenvalue weighted by atomic mass is 10.1. The molecule has 0 aliphatic carbocycles. The smallest absolute Gasteiger partial charge is 0.293 e. The molecule has 1 aliphatic rings. The Balaban J connectivity index is 1.40. The third-order valence-corrected chi connectivity index (χ3v) is 6.04. The lowest BCUT2D eigenvalue weighted by molar-refractivity contribution is -0.123. The highest BCUT2D eigenvalue weighted by Gasteiger charge is 2.35. The summed E-state index contributed by atoms with van der Waals surface area (Å²) in [5.74, 6) is 1.14. The summed E-state index contributed by atoms with van der Waals surface area (Å²) in [6, 6.07) is 23.1. The predicted octanol–water partition coefficient (Wildman–Crippen LogP) is 6.00. The quantitative estimate of drug-likeness (QED) is 0.306. The lowest BCUT2D eigenvalue weighted by Crippen LogP contribution is -2.27. The number of imide groups is 1. The lowest BCUT2D eigenvalue weighted by Gasteiger charge is -2.13. The molecule has 5 nitrogen and oxygen atoms in total. The van der Waals surface area contributed by atoms with Crippen LogP contribution in [0.3, 0.4) is 0 Å². The van der Waals surface area contributed by atoms with Gasteiger partial charge in [0.1, 0.15) is 24.7 Å². The van der Waals surface area contributed by atoms with Crippen molar-refractivity contribution in [2.24, 2.45) is 0 Å². The summed E-state index contributed by atoms with van der Waals surface area (Å²) >= 11 is 0.954. The number of para-hydroxylation sites is 1. The van der Waals surface area contributed by atoms with Gasteiger partial charge in [0.2, 0.25) is 0 Å². The van der Waals surface area contributed by atoms with E-state index in [0.717, 1.165) is 34.2 Å². The Bertz CT molecular complexity index is 1190. The van der Waals surface area contributed by atoms with Gasteiger partial charge in [0, 0.05) is 5.56 Å².